The van der Waals surface area contributed by atoms with Crippen LogP contribution in [0.4, 0.5) is 0 Å². The molecule has 0 aliphatic carbocycles. The Labute approximate surface area is 152 Å². The second-order valence-electron chi connectivity index (χ2n) is 6.53. The molecule has 2 aliphatic rings. The van der Waals surface area contributed by atoms with Crippen LogP contribution in [0.1, 0.15) is 23.6 Å². The lowest BCUT2D eigenvalue weighted by molar-refractivity contribution is -0.133. The van der Waals surface area contributed by atoms with Crippen molar-refractivity contribution in [1.29, 1.82) is 0 Å². The van der Waals surface area contributed by atoms with E-state index in [0.29, 0.717) is 18.7 Å². The molecular weight excluding hydrogens is 350 g/mol. The van der Waals surface area contributed by atoms with Crippen LogP contribution in [0.25, 0.3) is 0 Å². The number of hydrogen-bond donors (Lipinski definition) is 1. The van der Waals surface area contributed by atoms with Gasteiger partial charge in [0.05, 0.1) is 4.90 Å². The van der Waals surface area contributed by atoms with Crippen molar-refractivity contribution < 1.29 is 13.2 Å². The third-order valence-corrected chi connectivity index (χ3v) is 6.18. The Morgan fingerprint density at radius 1 is 1.12 bits per heavy atom. The van der Waals surface area contributed by atoms with Gasteiger partial charge in [0.15, 0.2) is 0 Å². The number of nitrogens with zero attached hydrogens (tertiary/aromatic N) is 2. The van der Waals surface area contributed by atoms with Gasteiger partial charge in [-0.05, 0) is 36.6 Å². The average Bonchev–Trinajstić information content (AvgIpc) is 2.91. The van der Waals surface area contributed by atoms with Gasteiger partial charge in [-0.25, -0.2) is 8.42 Å². The van der Waals surface area contributed by atoms with Gasteiger partial charge in [-0.2, -0.15) is 0 Å². The molecule has 0 radical (unpaired) electrons. The Hall–Kier alpha value is -2.67. The molecule has 6 nitrogen and oxygen atoms in total. The standard InChI is InChI=1S/C19H19N3O3S/c1-13(19(23)22-11-10-14-6-2-3-7-15(14)12-22)20-18-16-8-4-5-9-17(16)26(24,25)21-18/h2-9,13H,10-12H2,1H3,(H,20,21). The molecule has 1 amide bonds. The smallest absolute Gasteiger partial charge is 0.263 e. The number of amides is 1. The van der Waals surface area contributed by atoms with Gasteiger partial charge >= 0.3 is 0 Å². The van der Waals surface area contributed by atoms with Crippen LogP contribution in [0.5, 0.6) is 0 Å². The zero-order valence-corrected chi connectivity index (χ0v) is 15.2. The van der Waals surface area contributed by atoms with Crippen LogP contribution in [-0.2, 0) is 27.8 Å². The summed E-state index contributed by atoms with van der Waals surface area (Å²) < 4.78 is 26.8. The third kappa shape index (κ3) is 2.88. The summed E-state index contributed by atoms with van der Waals surface area (Å²) in [5, 5.41) is 0. The van der Waals surface area contributed by atoms with Crippen LogP contribution in [0.2, 0.25) is 0 Å². The number of rotatable bonds is 2. The van der Waals surface area contributed by atoms with Crippen LogP contribution in [0.15, 0.2) is 58.4 Å². The van der Waals surface area contributed by atoms with E-state index in [9.17, 15) is 13.2 Å². The summed E-state index contributed by atoms with van der Waals surface area (Å²) in [6.07, 6.45) is 0.820. The number of fused-ring (bicyclic) bond motifs is 2. The lowest BCUT2D eigenvalue weighted by atomic mass is 9.99. The van der Waals surface area contributed by atoms with Crippen molar-refractivity contribution in [2.45, 2.75) is 30.8 Å². The zero-order valence-electron chi connectivity index (χ0n) is 14.3. The monoisotopic (exact) mass is 369 g/mol. The highest BCUT2D eigenvalue weighted by Gasteiger charge is 2.32. The molecule has 2 heterocycles. The number of hydrogen-bond acceptors (Lipinski definition) is 4. The Balaban J connectivity index is 1.57. The summed E-state index contributed by atoms with van der Waals surface area (Å²) in [7, 11) is -3.60. The summed E-state index contributed by atoms with van der Waals surface area (Å²) in [4.78, 5) is 19.2. The predicted octanol–water partition coefficient (Wildman–Crippen LogP) is 1.70. The second kappa shape index (κ2) is 6.25. The molecular formula is C19H19N3O3S. The first kappa shape index (κ1) is 16.8. The molecule has 4 rings (SSSR count). The number of benzene rings is 2. The molecule has 0 bridgehead atoms. The lowest BCUT2D eigenvalue weighted by Gasteiger charge is -2.30. The summed E-state index contributed by atoms with van der Waals surface area (Å²) in [6.45, 7) is 2.91. The highest BCUT2D eigenvalue weighted by molar-refractivity contribution is 7.90. The number of carbonyl (C=O) groups excluding carboxylic acids is 1. The topological polar surface area (TPSA) is 78.8 Å². The molecule has 7 heteroatoms. The maximum absolute atomic E-state index is 12.8. The molecule has 0 aromatic heterocycles. The van der Waals surface area contributed by atoms with E-state index < -0.39 is 16.1 Å². The SMILES string of the molecule is CC(N=C1NS(=O)(=O)c2ccccc21)C(=O)N1CCc2ccccc2C1. The first-order valence-electron chi connectivity index (χ1n) is 8.51. The lowest BCUT2D eigenvalue weighted by Crippen LogP contribution is -2.41. The summed E-state index contributed by atoms with van der Waals surface area (Å²) in [5.74, 6) is 0.134. The minimum atomic E-state index is -3.60. The highest BCUT2D eigenvalue weighted by atomic mass is 32.2. The Bertz CT molecular complexity index is 1010. The van der Waals surface area contributed by atoms with Gasteiger partial charge in [0.25, 0.3) is 10.0 Å². The van der Waals surface area contributed by atoms with Crippen molar-refractivity contribution in [3.8, 4) is 0 Å². The fourth-order valence-corrected chi connectivity index (χ4v) is 4.67. The van der Waals surface area contributed by atoms with Crippen molar-refractivity contribution >= 4 is 21.8 Å². The Morgan fingerprint density at radius 2 is 1.81 bits per heavy atom. The predicted molar refractivity (Wildman–Crippen MR) is 98.3 cm³/mol. The molecule has 2 aromatic carbocycles. The number of carbonyl (C=O) groups is 1. The van der Waals surface area contributed by atoms with Gasteiger partial charge in [-0.15, -0.1) is 0 Å². The first-order valence-corrected chi connectivity index (χ1v) is 9.99. The van der Waals surface area contributed by atoms with E-state index in [1.165, 1.54) is 11.6 Å². The van der Waals surface area contributed by atoms with Crippen molar-refractivity contribution in [3.05, 3.63) is 65.2 Å². The maximum Gasteiger partial charge on any atom is 0.263 e. The molecule has 2 aromatic rings. The minimum absolute atomic E-state index is 0.101. The van der Waals surface area contributed by atoms with E-state index in [0.717, 1.165) is 12.0 Å². The fourth-order valence-electron chi connectivity index (χ4n) is 3.43. The van der Waals surface area contributed by atoms with Gasteiger partial charge < -0.3 is 4.90 Å². The van der Waals surface area contributed by atoms with Crippen LogP contribution >= 0.6 is 0 Å². The summed E-state index contributed by atoms with van der Waals surface area (Å²) in [5.41, 5.74) is 2.93. The fraction of sp³-hybridized carbons (Fsp3) is 0.263. The van der Waals surface area contributed by atoms with Gasteiger partial charge in [-0.1, -0.05) is 36.4 Å². The second-order valence-corrected chi connectivity index (χ2v) is 8.18. The highest BCUT2D eigenvalue weighted by Crippen LogP contribution is 2.23. The largest absolute Gasteiger partial charge is 0.336 e. The third-order valence-electron chi connectivity index (χ3n) is 4.79. The normalized spacial score (nSPS) is 20.2. The van der Waals surface area contributed by atoms with Crippen LogP contribution in [-0.4, -0.2) is 37.6 Å². The molecule has 0 fully saturated rings. The zero-order chi connectivity index (χ0) is 18.3. The van der Waals surface area contributed by atoms with E-state index in [2.05, 4.69) is 15.8 Å². The number of sulfonamides is 1. The Kier molecular flexibility index (Phi) is 4.03. The molecule has 1 N–H and O–H groups in total. The summed E-state index contributed by atoms with van der Waals surface area (Å²) >= 11 is 0. The van der Waals surface area contributed by atoms with Crippen molar-refractivity contribution in [3.63, 3.8) is 0 Å². The van der Waals surface area contributed by atoms with Crippen molar-refractivity contribution in [2.24, 2.45) is 4.99 Å². The van der Waals surface area contributed by atoms with Gasteiger partial charge in [0, 0.05) is 18.7 Å². The first-order chi connectivity index (χ1) is 12.5. The molecule has 26 heavy (non-hydrogen) atoms. The van der Waals surface area contributed by atoms with E-state index in [1.807, 2.05) is 18.2 Å². The molecule has 1 unspecified atom stereocenters. The van der Waals surface area contributed by atoms with Gasteiger partial charge in [-0.3, -0.25) is 14.5 Å². The van der Waals surface area contributed by atoms with E-state index in [-0.39, 0.29) is 16.6 Å². The molecule has 1 atom stereocenters. The molecule has 0 saturated carbocycles. The minimum Gasteiger partial charge on any atom is -0.336 e. The molecule has 0 saturated heterocycles. The molecule has 134 valence electrons. The Morgan fingerprint density at radius 3 is 2.62 bits per heavy atom. The summed E-state index contributed by atoms with van der Waals surface area (Å²) in [6, 6.07) is 14.1. The average molecular weight is 369 g/mol. The maximum atomic E-state index is 12.8. The number of amidine groups is 1. The van der Waals surface area contributed by atoms with Crippen molar-refractivity contribution in [1.82, 2.24) is 9.62 Å². The van der Waals surface area contributed by atoms with E-state index >= 15 is 0 Å². The van der Waals surface area contributed by atoms with Gasteiger partial charge in [0.1, 0.15) is 11.9 Å². The molecule has 2 aliphatic heterocycles. The number of aliphatic imine (C=N–C) groups is 1. The van der Waals surface area contributed by atoms with Crippen LogP contribution in [0, 0.1) is 0 Å². The number of nitrogens with one attached hydrogen (secondary N) is 1. The quantitative estimate of drug-likeness (QED) is 0.875. The van der Waals surface area contributed by atoms with Crippen molar-refractivity contribution in [2.75, 3.05) is 6.54 Å². The van der Waals surface area contributed by atoms with Gasteiger partial charge in [0.2, 0.25) is 5.91 Å². The van der Waals surface area contributed by atoms with E-state index in [4.69, 9.17) is 0 Å². The van der Waals surface area contributed by atoms with E-state index in [1.54, 1.807) is 30.0 Å². The van der Waals surface area contributed by atoms with Crippen LogP contribution in [0.3, 0.4) is 0 Å². The van der Waals surface area contributed by atoms with Crippen LogP contribution < -0.4 is 4.72 Å². The molecule has 0 spiro atoms.